The van der Waals surface area contributed by atoms with Crippen LogP contribution in [-0.4, -0.2) is 35.6 Å². The third kappa shape index (κ3) is 4.25. The Kier molecular flexibility index (Phi) is 4.77. The number of non-ortho nitro benzene ring substituents is 1. The second kappa shape index (κ2) is 6.41. The van der Waals surface area contributed by atoms with E-state index in [9.17, 15) is 10.1 Å². The fourth-order valence-electron chi connectivity index (χ4n) is 2.08. The van der Waals surface area contributed by atoms with Crippen LogP contribution < -0.4 is 15.8 Å². The van der Waals surface area contributed by atoms with Crippen LogP contribution in [0.3, 0.4) is 0 Å². The Bertz CT molecular complexity index is 618. The molecule has 7 heteroatoms. The second-order valence-corrected chi connectivity index (χ2v) is 10.4. The van der Waals surface area contributed by atoms with Crippen molar-refractivity contribution < 1.29 is 9.66 Å². The Morgan fingerprint density at radius 2 is 1.95 bits per heavy atom. The normalized spacial score (nSPS) is 18.8. The number of allylic oxidation sites excluding steroid dienone is 1. The summed E-state index contributed by atoms with van der Waals surface area (Å²) in [7, 11) is -0.781. The summed E-state index contributed by atoms with van der Waals surface area (Å²) < 4.78 is 5.88. The highest BCUT2D eigenvalue weighted by atomic mass is 32.3. The van der Waals surface area contributed by atoms with Gasteiger partial charge in [-0.2, -0.15) is 0 Å². The quantitative estimate of drug-likeness (QED) is 0.641. The van der Waals surface area contributed by atoms with Gasteiger partial charge >= 0.3 is 0 Å². The molecule has 3 N–H and O–H groups in total. The van der Waals surface area contributed by atoms with Gasteiger partial charge in [0, 0.05) is 29.7 Å². The Morgan fingerprint density at radius 3 is 2.50 bits per heavy atom. The van der Waals surface area contributed by atoms with Crippen LogP contribution in [0.4, 0.5) is 5.69 Å². The number of nitro benzene ring substituents is 1. The van der Waals surface area contributed by atoms with Crippen LogP contribution in [0, 0.1) is 10.1 Å². The molecule has 0 saturated carbocycles. The van der Waals surface area contributed by atoms with Gasteiger partial charge in [0.05, 0.1) is 4.92 Å². The van der Waals surface area contributed by atoms with Crippen LogP contribution in [-0.2, 0) is 0 Å². The predicted octanol–water partition coefficient (Wildman–Crippen LogP) is 2.32. The molecule has 1 atom stereocenters. The molecule has 0 aromatic heterocycles. The third-order valence-corrected chi connectivity index (χ3v) is 4.24. The Labute approximate surface area is 131 Å². The van der Waals surface area contributed by atoms with E-state index >= 15 is 0 Å². The maximum absolute atomic E-state index is 10.7. The van der Waals surface area contributed by atoms with E-state index in [-0.39, 0.29) is 11.9 Å². The molecule has 22 heavy (non-hydrogen) atoms. The molecular weight excluding hydrogens is 302 g/mol. The van der Waals surface area contributed by atoms with E-state index in [2.05, 4.69) is 24.1 Å². The monoisotopic (exact) mass is 323 g/mol. The third-order valence-electron chi connectivity index (χ3n) is 3.07. The number of dihydropyridines is 1. The first kappa shape index (κ1) is 16.4. The molecule has 0 bridgehead atoms. The Hall–Kier alpha value is -1.99. The van der Waals surface area contributed by atoms with Crippen LogP contribution in [0.25, 0.3) is 0 Å². The van der Waals surface area contributed by atoms with Gasteiger partial charge in [0.2, 0.25) is 0 Å². The number of benzene rings is 1. The van der Waals surface area contributed by atoms with Crippen LogP contribution >= 0.6 is 10.0 Å². The van der Waals surface area contributed by atoms with Crippen molar-refractivity contribution in [3.63, 3.8) is 0 Å². The average Bonchev–Trinajstić information content (AvgIpc) is 2.42. The van der Waals surface area contributed by atoms with Crippen molar-refractivity contribution in [3.05, 3.63) is 58.0 Å². The van der Waals surface area contributed by atoms with Gasteiger partial charge in [-0.25, -0.2) is 10.0 Å². The summed E-state index contributed by atoms with van der Waals surface area (Å²) in [6.45, 7) is 0. The molecule has 1 aliphatic heterocycles. The molecule has 0 amide bonds. The number of nitrogens with two attached hydrogens (primary N) is 1. The number of hydrogen-bond acceptors (Lipinski definition) is 5. The summed E-state index contributed by atoms with van der Waals surface area (Å²) >= 11 is 0. The average molecular weight is 323 g/mol. The van der Waals surface area contributed by atoms with E-state index in [0.717, 1.165) is 11.3 Å². The molecule has 0 aliphatic carbocycles. The van der Waals surface area contributed by atoms with Crippen molar-refractivity contribution in [3.8, 4) is 5.75 Å². The van der Waals surface area contributed by atoms with Crippen molar-refractivity contribution in [2.75, 3.05) is 24.5 Å². The molecule has 120 valence electrons. The predicted molar refractivity (Wildman–Crippen MR) is 91.2 cm³/mol. The minimum atomic E-state index is -0.781. The lowest BCUT2D eigenvalue weighted by Crippen LogP contribution is -2.40. The molecular formula is C15H21N3O3S. The maximum Gasteiger partial charge on any atom is 0.269 e. The molecule has 0 radical (unpaired) electrons. The van der Waals surface area contributed by atoms with Gasteiger partial charge in [-0.1, -0.05) is 0 Å². The first-order valence-electron chi connectivity index (χ1n) is 6.76. The highest BCUT2D eigenvalue weighted by Crippen LogP contribution is 2.38. The molecule has 0 saturated heterocycles. The molecule has 1 aromatic rings. The van der Waals surface area contributed by atoms with Gasteiger partial charge < -0.3 is 15.8 Å². The van der Waals surface area contributed by atoms with Gasteiger partial charge in [0.1, 0.15) is 17.7 Å². The highest BCUT2D eigenvalue weighted by Gasteiger charge is 2.21. The van der Waals surface area contributed by atoms with Gasteiger partial charge in [0.15, 0.2) is 0 Å². The molecule has 6 nitrogen and oxygen atoms in total. The van der Waals surface area contributed by atoms with E-state index in [0.29, 0.717) is 11.5 Å². The van der Waals surface area contributed by atoms with E-state index in [1.807, 2.05) is 6.08 Å². The van der Waals surface area contributed by atoms with Crippen LogP contribution in [0.15, 0.2) is 47.9 Å². The molecule has 2 rings (SSSR count). The second-order valence-electron chi connectivity index (χ2n) is 5.96. The number of nitro groups is 1. The van der Waals surface area contributed by atoms with Crippen LogP contribution in [0.5, 0.6) is 5.75 Å². The summed E-state index contributed by atoms with van der Waals surface area (Å²) in [5.74, 6) is 2.14. The standard InChI is InChI=1S/C15H21N3O3S/c1-22(2,3)10-13-14(8-9-17-15(13)16)21-12-6-4-11(5-7-12)18(19)20/h4-9,15,17H,10,16H2,1-3H3. The van der Waals surface area contributed by atoms with Gasteiger partial charge in [-0.15, -0.1) is 0 Å². The van der Waals surface area contributed by atoms with E-state index in [1.165, 1.54) is 12.1 Å². The molecule has 1 heterocycles. The summed E-state index contributed by atoms with van der Waals surface area (Å²) in [5, 5.41) is 13.8. The number of ether oxygens (including phenoxy) is 1. The first-order valence-corrected chi connectivity index (χ1v) is 9.78. The zero-order chi connectivity index (χ0) is 16.3. The number of nitrogens with one attached hydrogen (secondary N) is 1. The minimum absolute atomic E-state index is 0.0400. The Morgan fingerprint density at radius 1 is 1.32 bits per heavy atom. The minimum Gasteiger partial charge on any atom is -0.457 e. The van der Waals surface area contributed by atoms with E-state index in [1.54, 1.807) is 18.3 Å². The summed E-state index contributed by atoms with van der Waals surface area (Å²) in [6.07, 6.45) is 9.97. The largest absolute Gasteiger partial charge is 0.457 e. The number of nitrogens with zero attached hydrogens (tertiary/aromatic N) is 1. The summed E-state index contributed by atoms with van der Waals surface area (Å²) in [4.78, 5) is 10.2. The summed E-state index contributed by atoms with van der Waals surface area (Å²) in [5.41, 5.74) is 7.17. The van der Waals surface area contributed by atoms with Crippen molar-refractivity contribution >= 4 is 15.7 Å². The zero-order valence-electron chi connectivity index (χ0n) is 12.9. The van der Waals surface area contributed by atoms with Crippen LogP contribution in [0.1, 0.15) is 0 Å². The van der Waals surface area contributed by atoms with Gasteiger partial charge in [0.25, 0.3) is 5.69 Å². The molecule has 1 aromatic carbocycles. The number of hydrogen-bond donors (Lipinski definition) is 2. The molecule has 1 unspecified atom stereocenters. The SMILES string of the molecule is CS(C)(C)CC1=C(Oc2ccc([N+](=O)[O-])cc2)C=CNC1N. The van der Waals surface area contributed by atoms with Crippen molar-refractivity contribution in [1.29, 1.82) is 0 Å². The van der Waals surface area contributed by atoms with Crippen molar-refractivity contribution in [1.82, 2.24) is 5.32 Å². The molecule has 1 aliphatic rings. The van der Waals surface area contributed by atoms with Gasteiger partial charge in [-0.3, -0.25) is 10.1 Å². The maximum atomic E-state index is 10.7. The van der Waals surface area contributed by atoms with E-state index in [4.69, 9.17) is 10.5 Å². The molecule has 0 fully saturated rings. The number of rotatable bonds is 5. The van der Waals surface area contributed by atoms with E-state index < -0.39 is 15.0 Å². The van der Waals surface area contributed by atoms with Crippen molar-refractivity contribution in [2.45, 2.75) is 6.17 Å². The zero-order valence-corrected chi connectivity index (χ0v) is 13.7. The summed E-state index contributed by atoms with van der Waals surface area (Å²) in [6, 6.07) is 6.03. The smallest absolute Gasteiger partial charge is 0.269 e. The van der Waals surface area contributed by atoms with Gasteiger partial charge in [-0.05, 0) is 37.0 Å². The topological polar surface area (TPSA) is 90.4 Å². The Balaban J connectivity index is 2.25. The lowest BCUT2D eigenvalue weighted by Gasteiger charge is -2.32. The van der Waals surface area contributed by atoms with Crippen molar-refractivity contribution in [2.24, 2.45) is 5.73 Å². The lowest BCUT2D eigenvalue weighted by atomic mass is 10.1. The highest BCUT2D eigenvalue weighted by molar-refractivity contribution is 8.32. The fourth-order valence-corrected chi connectivity index (χ4v) is 3.33. The lowest BCUT2D eigenvalue weighted by molar-refractivity contribution is -0.384. The van der Waals surface area contributed by atoms with Crippen LogP contribution in [0.2, 0.25) is 0 Å². The first-order chi connectivity index (χ1) is 10.3. The fraction of sp³-hybridized carbons (Fsp3) is 0.333. The molecule has 0 spiro atoms.